The lowest BCUT2D eigenvalue weighted by Gasteiger charge is -2.01. The third-order valence-electron chi connectivity index (χ3n) is 3.69. The van der Waals surface area contributed by atoms with E-state index in [-0.39, 0.29) is 5.69 Å². The molecule has 2 heterocycles. The number of nitrogens with zero attached hydrogens (tertiary/aromatic N) is 2. The van der Waals surface area contributed by atoms with Gasteiger partial charge in [0.2, 0.25) is 0 Å². The van der Waals surface area contributed by atoms with Crippen LogP contribution in [0.2, 0.25) is 0 Å². The Morgan fingerprint density at radius 3 is 2.83 bits per heavy atom. The van der Waals surface area contributed by atoms with Gasteiger partial charge in [0.25, 0.3) is 5.69 Å². The lowest BCUT2D eigenvalue weighted by Crippen LogP contribution is -2.12. The second-order valence-electron chi connectivity index (χ2n) is 5.38. The number of aryl methyl sites for hydroxylation is 1. The molecule has 7 nitrogen and oxygen atoms in total. The van der Waals surface area contributed by atoms with Crippen molar-refractivity contribution in [1.82, 2.24) is 15.5 Å². The predicted molar refractivity (Wildman–Crippen MR) is 89.3 cm³/mol. The molecular formula is C17H18N4O3. The third-order valence-corrected chi connectivity index (χ3v) is 3.69. The summed E-state index contributed by atoms with van der Waals surface area (Å²) >= 11 is 0. The predicted octanol–water partition coefficient (Wildman–Crippen LogP) is 3.43. The first-order valence-corrected chi connectivity index (χ1v) is 7.73. The van der Waals surface area contributed by atoms with Crippen molar-refractivity contribution in [2.45, 2.75) is 26.4 Å². The molecule has 0 saturated heterocycles. The minimum Gasteiger partial charge on any atom is -0.459 e. The van der Waals surface area contributed by atoms with Crippen molar-refractivity contribution >= 4 is 5.69 Å². The first kappa shape index (κ1) is 15.9. The lowest BCUT2D eigenvalue weighted by molar-refractivity contribution is -0.384. The van der Waals surface area contributed by atoms with Crippen molar-refractivity contribution in [2.24, 2.45) is 0 Å². The largest absolute Gasteiger partial charge is 0.459 e. The fraction of sp³-hybridized carbons (Fsp3) is 0.235. The van der Waals surface area contributed by atoms with Crippen LogP contribution in [-0.2, 0) is 19.5 Å². The molecule has 0 aliphatic rings. The van der Waals surface area contributed by atoms with Gasteiger partial charge in [0.05, 0.1) is 22.7 Å². The Bertz CT molecular complexity index is 838. The highest BCUT2D eigenvalue weighted by Crippen LogP contribution is 2.30. The van der Waals surface area contributed by atoms with Crippen LogP contribution in [0, 0.1) is 10.1 Å². The van der Waals surface area contributed by atoms with Crippen molar-refractivity contribution in [3.63, 3.8) is 0 Å². The minimum atomic E-state index is -0.403. The number of para-hydroxylation sites is 1. The van der Waals surface area contributed by atoms with Gasteiger partial charge in [0, 0.05) is 18.3 Å². The number of nitro groups is 1. The number of nitro benzene ring substituents is 1. The monoisotopic (exact) mass is 326 g/mol. The van der Waals surface area contributed by atoms with Gasteiger partial charge in [-0.25, -0.2) is 0 Å². The van der Waals surface area contributed by atoms with E-state index in [0.717, 1.165) is 23.6 Å². The number of benzene rings is 1. The number of furan rings is 1. The summed E-state index contributed by atoms with van der Waals surface area (Å²) in [5.41, 5.74) is 2.56. The molecule has 0 aliphatic carbocycles. The van der Waals surface area contributed by atoms with Crippen LogP contribution in [-0.4, -0.2) is 15.1 Å². The van der Waals surface area contributed by atoms with E-state index in [1.165, 1.54) is 6.07 Å². The van der Waals surface area contributed by atoms with Gasteiger partial charge in [0.1, 0.15) is 11.5 Å². The molecule has 2 aromatic heterocycles. The lowest BCUT2D eigenvalue weighted by atomic mass is 10.1. The highest BCUT2D eigenvalue weighted by Gasteiger charge is 2.17. The van der Waals surface area contributed by atoms with Gasteiger partial charge in [-0.05, 0) is 30.7 Å². The summed E-state index contributed by atoms with van der Waals surface area (Å²) in [5, 5.41) is 21.5. The second-order valence-corrected chi connectivity index (χ2v) is 5.38. The Balaban J connectivity index is 1.64. The van der Waals surface area contributed by atoms with Crippen LogP contribution in [0.3, 0.4) is 0 Å². The topological polar surface area (TPSA) is 97.0 Å². The van der Waals surface area contributed by atoms with E-state index in [9.17, 15) is 10.1 Å². The van der Waals surface area contributed by atoms with Crippen molar-refractivity contribution in [2.75, 3.05) is 0 Å². The molecule has 3 rings (SSSR count). The number of hydrogen-bond acceptors (Lipinski definition) is 5. The standard InChI is InChI=1S/C17H18N4O3/c1-2-12-9-13(20-19-12)10-18-11-14-7-8-17(24-14)15-5-3-4-6-16(15)21(22)23/h3-9,18H,2,10-11H2,1H3,(H,19,20). The highest BCUT2D eigenvalue weighted by atomic mass is 16.6. The zero-order valence-corrected chi connectivity index (χ0v) is 13.3. The van der Waals surface area contributed by atoms with Gasteiger partial charge in [-0.3, -0.25) is 15.2 Å². The average molecular weight is 326 g/mol. The maximum atomic E-state index is 11.1. The highest BCUT2D eigenvalue weighted by molar-refractivity contribution is 5.69. The molecule has 1 aromatic carbocycles. The molecule has 0 atom stereocenters. The van der Waals surface area contributed by atoms with Gasteiger partial charge in [-0.1, -0.05) is 19.1 Å². The molecule has 0 spiro atoms. The SMILES string of the molecule is CCc1cc(CNCc2ccc(-c3ccccc3[N+](=O)[O-])o2)[nH]n1. The number of nitrogens with one attached hydrogen (secondary N) is 2. The van der Waals surface area contributed by atoms with Crippen LogP contribution in [0.1, 0.15) is 24.1 Å². The van der Waals surface area contributed by atoms with Crippen molar-refractivity contribution in [1.29, 1.82) is 0 Å². The fourth-order valence-electron chi connectivity index (χ4n) is 2.46. The average Bonchev–Trinajstić information content (AvgIpc) is 3.24. The molecule has 24 heavy (non-hydrogen) atoms. The zero-order valence-electron chi connectivity index (χ0n) is 13.3. The van der Waals surface area contributed by atoms with Crippen molar-refractivity contribution in [3.05, 3.63) is 69.7 Å². The molecule has 124 valence electrons. The van der Waals surface area contributed by atoms with E-state index in [2.05, 4.69) is 22.4 Å². The number of aromatic nitrogens is 2. The molecule has 0 fully saturated rings. The maximum Gasteiger partial charge on any atom is 0.280 e. The van der Waals surface area contributed by atoms with E-state index >= 15 is 0 Å². The molecular weight excluding hydrogens is 308 g/mol. The fourth-order valence-corrected chi connectivity index (χ4v) is 2.46. The normalized spacial score (nSPS) is 10.9. The molecule has 0 saturated carbocycles. The molecule has 0 bridgehead atoms. The Morgan fingerprint density at radius 1 is 1.25 bits per heavy atom. The van der Waals surface area contributed by atoms with Gasteiger partial charge in [-0.2, -0.15) is 5.10 Å². The molecule has 3 aromatic rings. The quantitative estimate of drug-likeness (QED) is 0.512. The molecule has 0 unspecified atom stereocenters. The summed E-state index contributed by atoms with van der Waals surface area (Å²) < 4.78 is 5.73. The number of rotatable bonds is 7. The first-order chi connectivity index (χ1) is 11.7. The number of H-pyrrole nitrogens is 1. The van der Waals surface area contributed by atoms with E-state index in [0.29, 0.717) is 24.4 Å². The Morgan fingerprint density at radius 2 is 2.08 bits per heavy atom. The van der Waals surface area contributed by atoms with Crippen molar-refractivity contribution < 1.29 is 9.34 Å². The molecule has 7 heteroatoms. The molecule has 0 radical (unpaired) electrons. The maximum absolute atomic E-state index is 11.1. The van der Waals surface area contributed by atoms with Gasteiger partial charge >= 0.3 is 0 Å². The van der Waals surface area contributed by atoms with Crippen LogP contribution in [0.25, 0.3) is 11.3 Å². The van der Waals surface area contributed by atoms with E-state index in [4.69, 9.17) is 4.42 Å². The summed E-state index contributed by atoms with van der Waals surface area (Å²) in [6.45, 7) is 3.23. The smallest absolute Gasteiger partial charge is 0.280 e. The summed E-state index contributed by atoms with van der Waals surface area (Å²) in [6, 6.07) is 12.2. The Kier molecular flexibility index (Phi) is 4.72. The summed E-state index contributed by atoms with van der Waals surface area (Å²) in [6.07, 6.45) is 0.897. The zero-order chi connectivity index (χ0) is 16.9. The van der Waals surface area contributed by atoms with Crippen molar-refractivity contribution in [3.8, 4) is 11.3 Å². The summed E-state index contributed by atoms with van der Waals surface area (Å²) in [5.74, 6) is 1.22. The van der Waals surface area contributed by atoms with Gasteiger partial charge < -0.3 is 9.73 Å². The van der Waals surface area contributed by atoms with Gasteiger partial charge in [-0.15, -0.1) is 0 Å². The van der Waals surface area contributed by atoms with Gasteiger partial charge in [0.15, 0.2) is 0 Å². The minimum absolute atomic E-state index is 0.0379. The Labute approximate surface area is 138 Å². The summed E-state index contributed by atoms with van der Waals surface area (Å²) in [4.78, 5) is 10.7. The van der Waals surface area contributed by atoms with E-state index < -0.39 is 4.92 Å². The van der Waals surface area contributed by atoms with Crippen LogP contribution in [0.4, 0.5) is 5.69 Å². The summed E-state index contributed by atoms with van der Waals surface area (Å²) in [7, 11) is 0. The molecule has 2 N–H and O–H groups in total. The van der Waals surface area contributed by atoms with Crippen LogP contribution in [0.15, 0.2) is 46.9 Å². The van der Waals surface area contributed by atoms with E-state index in [1.54, 1.807) is 24.3 Å². The number of aromatic amines is 1. The molecule has 0 amide bonds. The van der Waals surface area contributed by atoms with Crippen LogP contribution < -0.4 is 5.32 Å². The Hall–Kier alpha value is -2.93. The van der Waals surface area contributed by atoms with Crippen LogP contribution in [0.5, 0.6) is 0 Å². The molecule has 0 aliphatic heterocycles. The van der Waals surface area contributed by atoms with Crippen LogP contribution >= 0.6 is 0 Å². The first-order valence-electron chi connectivity index (χ1n) is 7.73. The van der Waals surface area contributed by atoms with E-state index in [1.807, 2.05) is 12.1 Å². The third kappa shape index (κ3) is 3.52. The second kappa shape index (κ2) is 7.10. The number of hydrogen-bond donors (Lipinski definition) is 2.